The molecule has 0 heterocycles. The van der Waals surface area contributed by atoms with E-state index in [0.717, 1.165) is 6.07 Å². The third-order valence-corrected chi connectivity index (χ3v) is 9.94. The van der Waals surface area contributed by atoms with Crippen molar-refractivity contribution in [3.05, 3.63) is 58.4 Å². The minimum absolute atomic E-state index is 0.0376. The summed E-state index contributed by atoms with van der Waals surface area (Å²) in [6, 6.07) is 4.93. The first-order valence-electron chi connectivity index (χ1n) is 12.2. The van der Waals surface area contributed by atoms with Crippen LogP contribution in [0, 0.1) is 35.2 Å². The van der Waals surface area contributed by atoms with Crippen LogP contribution in [0.4, 0.5) is 23.7 Å². The van der Waals surface area contributed by atoms with E-state index in [2.05, 4.69) is 10.6 Å². The molecule has 2 amide bonds. The number of hydrogen-bond donors (Lipinski definition) is 2. The Morgan fingerprint density at radius 3 is 2.39 bits per heavy atom. The fourth-order valence-corrected chi connectivity index (χ4v) is 7.83. The van der Waals surface area contributed by atoms with Crippen LogP contribution in [0.3, 0.4) is 0 Å². The summed E-state index contributed by atoms with van der Waals surface area (Å²) in [6.45, 7) is 3.96. The van der Waals surface area contributed by atoms with E-state index in [4.69, 9.17) is 16.3 Å². The third-order valence-electron chi connectivity index (χ3n) is 6.99. The molecular weight excluding hydrogens is 545 g/mol. The highest BCUT2D eigenvalue weighted by Gasteiger charge is 2.44. The molecule has 0 aromatic heterocycles. The number of rotatable bonds is 9. The first kappa shape index (κ1) is 29.8. The van der Waals surface area contributed by atoms with Gasteiger partial charge >= 0.3 is 6.09 Å². The molecule has 1 aliphatic carbocycles. The summed E-state index contributed by atoms with van der Waals surface area (Å²) < 4.78 is 73.2. The molecule has 2 aromatic rings. The molecule has 1 aliphatic rings. The van der Waals surface area contributed by atoms with Crippen molar-refractivity contribution < 1.29 is 35.9 Å². The molecule has 38 heavy (non-hydrogen) atoms. The number of anilines is 1. The van der Waals surface area contributed by atoms with E-state index in [-0.39, 0.29) is 45.5 Å². The van der Waals surface area contributed by atoms with Crippen molar-refractivity contribution in [1.82, 2.24) is 5.32 Å². The zero-order valence-corrected chi connectivity index (χ0v) is 22.8. The van der Waals surface area contributed by atoms with E-state index in [0.29, 0.717) is 37.8 Å². The van der Waals surface area contributed by atoms with Crippen LogP contribution in [0.25, 0.3) is 0 Å². The van der Waals surface area contributed by atoms with Gasteiger partial charge in [0.15, 0.2) is 27.3 Å². The average Bonchev–Trinajstić information content (AvgIpc) is 3.25. The first-order chi connectivity index (χ1) is 17.9. The fraction of sp³-hybridized carbons (Fsp3) is 0.462. The van der Waals surface area contributed by atoms with Gasteiger partial charge in [-0.15, -0.1) is 0 Å². The van der Waals surface area contributed by atoms with Gasteiger partial charge in [0.1, 0.15) is 0 Å². The Balaban J connectivity index is 1.86. The van der Waals surface area contributed by atoms with Crippen LogP contribution in [0.2, 0.25) is 5.02 Å². The normalized spacial score (nSPS) is 20.1. The van der Waals surface area contributed by atoms with Gasteiger partial charge in [0.2, 0.25) is 0 Å². The molecule has 7 nitrogen and oxygen atoms in total. The van der Waals surface area contributed by atoms with Gasteiger partial charge < -0.3 is 15.4 Å². The largest absolute Gasteiger partial charge is 0.449 e. The van der Waals surface area contributed by atoms with Crippen molar-refractivity contribution >= 4 is 39.1 Å². The lowest BCUT2D eigenvalue weighted by molar-refractivity contribution is 0.102. The zero-order valence-electron chi connectivity index (χ0n) is 21.2. The van der Waals surface area contributed by atoms with E-state index < -0.39 is 44.5 Å². The fourth-order valence-electron chi connectivity index (χ4n) is 4.97. The molecule has 1 saturated carbocycles. The average molecular weight is 575 g/mol. The predicted molar refractivity (Wildman–Crippen MR) is 137 cm³/mol. The predicted octanol–water partition coefficient (Wildman–Crippen LogP) is 5.97. The Bertz CT molecular complexity index is 1280. The molecule has 12 heteroatoms. The summed E-state index contributed by atoms with van der Waals surface area (Å²) in [6.07, 6.45) is 2.01. The lowest BCUT2D eigenvalue weighted by atomic mass is 9.91. The number of hydrogen-bond acceptors (Lipinski definition) is 5. The summed E-state index contributed by atoms with van der Waals surface area (Å²) in [5.74, 6) is -5.91. The number of nitrogens with one attached hydrogen (secondary N) is 2. The van der Waals surface area contributed by atoms with Crippen molar-refractivity contribution in [2.45, 2.75) is 49.7 Å². The molecule has 0 spiro atoms. The van der Waals surface area contributed by atoms with Crippen LogP contribution in [-0.4, -0.2) is 39.3 Å². The van der Waals surface area contributed by atoms with E-state index in [1.54, 1.807) is 0 Å². The molecule has 0 aliphatic heterocycles. The summed E-state index contributed by atoms with van der Waals surface area (Å²) in [5, 5.41) is 3.80. The molecule has 0 radical (unpaired) electrons. The second-order valence-electron chi connectivity index (χ2n) is 9.54. The van der Waals surface area contributed by atoms with Crippen molar-refractivity contribution in [1.29, 1.82) is 0 Å². The lowest BCUT2D eigenvalue weighted by Crippen LogP contribution is -2.32. The zero-order chi connectivity index (χ0) is 28.2. The van der Waals surface area contributed by atoms with Crippen molar-refractivity contribution in [2.24, 2.45) is 17.8 Å². The second-order valence-corrected chi connectivity index (χ2v) is 12.0. The number of amides is 2. The number of benzene rings is 2. The van der Waals surface area contributed by atoms with Crippen LogP contribution in [0.1, 0.15) is 49.9 Å². The molecule has 2 N–H and O–H groups in total. The van der Waals surface area contributed by atoms with Crippen LogP contribution in [0.15, 0.2) is 35.2 Å². The van der Waals surface area contributed by atoms with Crippen LogP contribution < -0.4 is 10.6 Å². The number of carbonyl (C=O) groups is 2. The molecule has 2 aromatic carbocycles. The Morgan fingerprint density at radius 1 is 1.13 bits per heavy atom. The number of alkyl carbamates (subject to hydrolysis) is 1. The Hall–Kier alpha value is -2.79. The topological polar surface area (TPSA) is 102 Å². The monoisotopic (exact) mass is 574 g/mol. The number of sulfone groups is 1. The van der Waals surface area contributed by atoms with Crippen molar-refractivity contribution in [3.63, 3.8) is 0 Å². The van der Waals surface area contributed by atoms with Gasteiger partial charge in [-0.3, -0.25) is 4.79 Å². The van der Waals surface area contributed by atoms with Crippen LogP contribution >= 0.6 is 11.6 Å². The maximum Gasteiger partial charge on any atom is 0.406 e. The number of ether oxygens (including phenoxy) is 1. The van der Waals surface area contributed by atoms with Gasteiger partial charge in [0.25, 0.3) is 5.91 Å². The number of carbonyl (C=O) groups excluding carboxylic acids is 2. The van der Waals surface area contributed by atoms with Crippen LogP contribution in [0.5, 0.6) is 0 Å². The highest BCUT2D eigenvalue weighted by molar-refractivity contribution is 7.92. The quantitative estimate of drug-likeness (QED) is 0.359. The minimum Gasteiger partial charge on any atom is -0.449 e. The molecule has 0 bridgehead atoms. The molecule has 0 saturated heterocycles. The summed E-state index contributed by atoms with van der Waals surface area (Å²) >= 11 is 6.30. The summed E-state index contributed by atoms with van der Waals surface area (Å²) in [5.41, 5.74) is -0.439. The molecule has 3 rings (SSSR count). The smallest absolute Gasteiger partial charge is 0.406 e. The lowest BCUT2D eigenvalue weighted by Gasteiger charge is -2.27. The Labute approximate surface area is 225 Å². The molecule has 208 valence electrons. The SMILES string of the molecule is CC[C@@H](COC(=O)NC)C[C@@H]1CCC(C)C1S(=O)(=O)c1cc(C(=O)Nc2cc(F)c(F)c(F)c2)ccc1Cl. The van der Waals surface area contributed by atoms with Crippen molar-refractivity contribution in [2.75, 3.05) is 19.0 Å². The van der Waals surface area contributed by atoms with Gasteiger partial charge in [-0.1, -0.05) is 31.9 Å². The highest BCUT2D eigenvalue weighted by Crippen LogP contribution is 2.43. The van der Waals surface area contributed by atoms with Gasteiger partial charge in [-0.05, 0) is 55.2 Å². The Morgan fingerprint density at radius 2 is 1.79 bits per heavy atom. The first-order valence-corrected chi connectivity index (χ1v) is 14.1. The van der Waals surface area contributed by atoms with E-state index in [9.17, 15) is 31.2 Å². The van der Waals surface area contributed by atoms with E-state index in [1.165, 1.54) is 19.2 Å². The highest BCUT2D eigenvalue weighted by atomic mass is 35.5. The van der Waals surface area contributed by atoms with Gasteiger partial charge in [0.05, 0.1) is 21.8 Å². The maximum atomic E-state index is 13.9. The summed E-state index contributed by atoms with van der Waals surface area (Å²) in [4.78, 5) is 24.0. The van der Waals surface area contributed by atoms with E-state index in [1.807, 2.05) is 13.8 Å². The van der Waals surface area contributed by atoms with Gasteiger partial charge in [0, 0.05) is 30.4 Å². The van der Waals surface area contributed by atoms with Gasteiger partial charge in [-0.2, -0.15) is 0 Å². The second kappa shape index (κ2) is 12.4. The standard InChI is InChI=1S/C26H30ClF3N2O5S/c1-4-15(13-37-26(34)31-3)9-16-6-5-14(2)24(16)38(35,36)22-10-17(7-8-19(22)27)25(33)32-18-11-20(28)23(30)21(29)12-18/h7-8,10-12,14-16,24H,4-6,9,13H2,1-3H3,(H,31,34)(H,32,33)/t14?,15-,16+,24?/m1/s1. The maximum absolute atomic E-state index is 13.9. The number of halogens is 4. The van der Waals surface area contributed by atoms with Gasteiger partial charge in [-0.25, -0.2) is 26.4 Å². The molecular formula is C26H30ClF3N2O5S. The van der Waals surface area contributed by atoms with E-state index >= 15 is 0 Å². The molecule has 4 atom stereocenters. The molecule has 2 unspecified atom stereocenters. The summed E-state index contributed by atoms with van der Waals surface area (Å²) in [7, 11) is -2.55. The minimum atomic E-state index is -4.01. The third kappa shape index (κ3) is 6.61. The van der Waals surface area contributed by atoms with Crippen molar-refractivity contribution in [3.8, 4) is 0 Å². The Kier molecular flexibility index (Phi) is 9.69. The molecule has 1 fully saturated rings. The van der Waals surface area contributed by atoms with Crippen LogP contribution in [-0.2, 0) is 14.6 Å².